The van der Waals surface area contributed by atoms with Crippen LogP contribution in [0.15, 0.2) is 23.3 Å². The van der Waals surface area contributed by atoms with Gasteiger partial charge in [0.25, 0.3) is 0 Å². The van der Waals surface area contributed by atoms with Gasteiger partial charge < -0.3 is 0 Å². The van der Waals surface area contributed by atoms with Crippen LogP contribution in [0.25, 0.3) is 0 Å². The molecule has 0 amide bonds. The van der Waals surface area contributed by atoms with Crippen LogP contribution in [-0.4, -0.2) is 18.0 Å². The average Bonchev–Trinajstić information content (AvgIpc) is 2.58. The number of anilines is 1. The van der Waals surface area contributed by atoms with Gasteiger partial charge in [0.05, 0.1) is 11.9 Å². The van der Waals surface area contributed by atoms with Crippen molar-refractivity contribution in [3.8, 4) is 0 Å². The maximum absolute atomic E-state index is 12.4. The Kier molecular flexibility index (Phi) is 1.62. The lowest BCUT2D eigenvalue weighted by Gasteiger charge is -2.15. The highest BCUT2D eigenvalue weighted by atomic mass is 19.1. The lowest BCUT2D eigenvalue weighted by Crippen LogP contribution is -2.31. The van der Waals surface area contributed by atoms with E-state index in [1.807, 2.05) is 0 Å². The second-order valence-corrected chi connectivity index (χ2v) is 2.35. The lowest BCUT2D eigenvalue weighted by molar-refractivity contribution is 0.583. The fourth-order valence-corrected chi connectivity index (χ4v) is 0.958. The summed E-state index contributed by atoms with van der Waals surface area (Å²) in [6.07, 6.45) is 3.04. The van der Waals surface area contributed by atoms with Crippen LogP contribution in [0.4, 0.5) is 10.1 Å². The minimum Gasteiger partial charge on any atom is -0.286 e. The molecule has 0 spiro atoms. The fourth-order valence-electron chi connectivity index (χ4n) is 0.958. The summed E-state index contributed by atoms with van der Waals surface area (Å²) in [4.78, 5) is 7.45. The summed E-state index contributed by atoms with van der Waals surface area (Å²) in [6, 6.07) is 2.96. The standard InChI is InChI=1S/C7H7FN4/c8-7-2-1-6(3-10-7)12-5-9-4-11-12/h1-4H,5H2,(H,9,11). The van der Waals surface area contributed by atoms with Gasteiger partial charge in [-0.3, -0.25) is 15.4 Å². The van der Waals surface area contributed by atoms with Gasteiger partial charge in [0.1, 0.15) is 13.0 Å². The number of hydrogen-bond donors (Lipinski definition) is 1. The molecule has 0 fully saturated rings. The third-order valence-electron chi connectivity index (χ3n) is 1.55. The van der Waals surface area contributed by atoms with Crippen molar-refractivity contribution < 1.29 is 4.39 Å². The molecule has 12 heavy (non-hydrogen) atoms. The molecule has 2 heterocycles. The van der Waals surface area contributed by atoms with Gasteiger partial charge in [-0.25, -0.2) is 4.98 Å². The molecule has 0 aromatic carbocycles. The number of halogens is 1. The number of rotatable bonds is 1. The molecular formula is C7H7FN4. The van der Waals surface area contributed by atoms with Gasteiger partial charge in [-0.05, 0) is 12.1 Å². The Labute approximate surface area is 68.7 Å². The van der Waals surface area contributed by atoms with Gasteiger partial charge in [-0.15, -0.1) is 0 Å². The molecule has 0 saturated heterocycles. The van der Waals surface area contributed by atoms with Crippen molar-refractivity contribution in [2.24, 2.45) is 4.99 Å². The zero-order chi connectivity index (χ0) is 8.39. The van der Waals surface area contributed by atoms with Gasteiger partial charge in [-0.2, -0.15) is 4.39 Å². The maximum atomic E-state index is 12.4. The number of aromatic nitrogens is 1. The summed E-state index contributed by atoms with van der Waals surface area (Å²) < 4.78 is 12.4. The Balaban J connectivity index is 2.18. The summed E-state index contributed by atoms with van der Waals surface area (Å²) in [5, 5.41) is 1.76. The van der Waals surface area contributed by atoms with Crippen molar-refractivity contribution in [2.45, 2.75) is 0 Å². The monoisotopic (exact) mass is 166 g/mol. The Morgan fingerprint density at radius 3 is 3.00 bits per heavy atom. The van der Waals surface area contributed by atoms with Crippen LogP contribution in [0.1, 0.15) is 0 Å². The predicted octanol–water partition coefficient (Wildman–Crippen LogP) is 0.531. The number of hydrazine groups is 1. The Morgan fingerprint density at radius 2 is 2.42 bits per heavy atom. The van der Waals surface area contributed by atoms with Crippen LogP contribution in [0.3, 0.4) is 0 Å². The summed E-state index contributed by atoms with van der Waals surface area (Å²) >= 11 is 0. The molecule has 0 unspecified atom stereocenters. The zero-order valence-corrected chi connectivity index (χ0v) is 6.24. The summed E-state index contributed by atoms with van der Waals surface area (Å²) in [7, 11) is 0. The molecule has 4 nitrogen and oxygen atoms in total. The third-order valence-corrected chi connectivity index (χ3v) is 1.55. The molecule has 1 aromatic rings. The van der Waals surface area contributed by atoms with Crippen molar-refractivity contribution in [3.63, 3.8) is 0 Å². The molecule has 1 N–H and O–H groups in total. The first-order valence-corrected chi connectivity index (χ1v) is 3.50. The van der Waals surface area contributed by atoms with E-state index in [1.165, 1.54) is 12.3 Å². The molecular weight excluding hydrogens is 159 g/mol. The number of hydrogen-bond acceptors (Lipinski definition) is 4. The summed E-state index contributed by atoms with van der Waals surface area (Å²) in [5.41, 5.74) is 3.67. The normalized spacial score (nSPS) is 14.9. The molecule has 2 rings (SSSR count). The van der Waals surface area contributed by atoms with Gasteiger partial charge in [-0.1, -0.05) is 0 Å². The van der Waals surface area contributed by atoms with Crippen LogP contribution in [-0.2, 0) is 0 Å². The Morgan fingerprint density at radius 1 is 1.50 bits per heavy atom. The first-order chi connectivity index (χ1) is 5.86. The van der Waals surface area contributed by atoms with Crippen molar-refractivity contribution in [3.05, 3.63) is 24.3 Å². The van der Waals surface area contributed by atoms with Crippen LogP contribution >= 0.6 is 0 Å². The molecule has 1 aromatic heterocycles. The molecule has 62 valence electrons. The van der Waals surface area contributed by atoms with E-state index in [0.29, 0.717) is 6.67 Å². The van der Waals surface area contributed by atoms with E-state index in [9.17, 15) is 4.39 Å². The van der Waals surface area contributed by atoms with Crippen molar-refractivity contribution in [1.29, 1.82) is 0 Å². The summed E-state index contributed by atoms with van der Waals surface area (Å²) in [5.74, 6) is -0.473. The van der Waals surface area contributed by atoms with E-state index in [0.717, 1.165) is 5.69 Å². The van der Waals surface area contributed by atoms with E-state index in [4.69, 9.17) is 0 Å². The lowest BCUT2D eigenvalue weighted by atomic mass is 10.4. The molecule has 0 bridgehead atoms. The van der Waals surface area contributed by atoms with Crippen LogP contribution in [0.5, 0.6) is 0 Å². The van der Waals surface area contributed by atoms with E-state index >= 15 is 0 Å². The van der Waals surface area contributed by atoms with E-state index in [-0.39, 0.29) is 0 Å². The average molecular weight is 166 g/mol. The maximum Gasteiger partial charge on any atom is 0.212 e. The molecule has 5 heteroatoms. The minimum absolute atomic E-state index is 0.473. The van der Waals surface area contributed by atoms with Crippen molar-refractivity contribution >= 4 is 12.0 Å². The fraction of sp³-hybridized carbons (Fsp3) is 0.143. The molecule has 0 saturated carbocycles. The second kappa shape index (κ2) is 2.77. The van der Waals surface area contributed by atoms with Gasteiger partial charge in [0, 0.05) is 0 Å². The first kappa shape index (κ1) is 7.02. The SMILES string of the molecule is Fc1ccc(N2CN=CN2)cn1. The van der Waals surface area contributed by atoms with Gasteiger partial charge >= 0.3 is 0 Å². The van der Waals surface area contributed by atoms with Crippen LogP contribution in [0, 0.1) is 5.95 Å². The minimum atomic E-state index is -0.473. The van der Waals surface area contributed by atoms with Crippen LogP contribution < -0.4 is 10.4 Å². The van der Waals surface area contributed by atoms with Crippen LogP contribution in [0.2, 0.25) is 0 Å². The second-order valence-electron chi connectivity index (χ2n) is 2.35. The highest BCUT2D eigenvalue weighted by Gasteiger charge is 2.07. The number of nitrogens with zero attached hydrogens (tertiary/aromatic N) is 3. The van der Waals surface area contributed by atoms with E-state index < -0.39 is 5.95 Å². The smallest absolute Gasteiger partial charge is 0.212 e. The first-order valence-electron chi connectivity index (χ1n) is 3.50. The summed E-state index contributed by atoms with van der Waals surface area (Å²) in [6.45, 7) is 0.535. The van der Waals surface area contributed by atoms with Gasteiger partial charge in [0.15, 0.2) is 0 Å². The van der Waals surface area contributed by atoms with Crippen molar-refractivity contribution in [2.75, 3.05) is 11.7 Å². The molecule has 0 aliphatic carbocycles. The Hall–Kier alpha value is -1.65. The molecule has 1 aliphatic heterocycles. The highest BCUT2D eigenvalue weighted by Crippen LogP contribution is 2.11. The zero-order valence-electron chi connectivity index (χ0n) is 6.24. The largest absolute Gasteiger partial charge is 0.286 e. The van der Waals surface area contributed by atoms with Gasteiger partial charge in [0.2, 0.25) is 5.95 Å². The number of aliphatic imine (C=N–C) groups is 1. The molecule has 1 aliphatic rings. The Bertz CT molecular complexity index is 287. The molecule has 0 atom stereocenters. The predicted molar refractivity (Wildman–Crippen MR) is 43.2 cm³/mol. The highest BCUT2D eigenvalue weighted by molar-refractivity contribution is 5.62. The third kappa shape index (κ3) is 1.20. The molecule has 0 radical (unpaired) electrons. The van der Waals surface area contributed by atoms with E-state index in [2.05, 4.69) is 15.4 Å². The van der Waals surface area contributed by atoms with Crippen molar-refractivity contribution in [1.82, 2.24) is 10.4 Å². The van der Waals surface area contributed by atoms with E-state index in [1.54, 1.807) is 17.4 Å². The number of pyridine rings is 1. The quantitative estimate of drug-likeness (QED) is 0.619. The number of nitrogens with one attached hydrogen (secondary N) is 1. The topological polar surface area (TPSA) is 40.5 Å².